The van der Waals surface area contributed by atoms with E-state index in [9.17, 15) is 0 Å². The summed E-state index contributed by atoms with van der Waals surface area (Å²) in [6, 6.07) is 4.05. The highest BCUT2D eigenvalue weighted by Gasteiger charge is 2.17. The van der Waals surface area contributed by atoms with Crippen LogP contribution >= 0.6 is 0 Å². The fraction of sp³-hybridized carbons (Fsp3) is 0.579. The maximum atomic E-state index is 9.10. The zero-order valence-corrected chi connectivity index (χ0v) is 15.2. The average Bonchev–Trinajstić information content (AvgIpc) is 3.19. The molecule has 0 aliphatic heterocycles. The summed E-state index contributed by atoms with van der Waals surface area (Å²) in [4.78, 5) is 4.33. The van der Waals surface area contributed by atoms with Crippen LogP contribution in [0.2, 0.25) is 0 Å². The Bertz CT molecular complexity index is 693. The quantitative estimate of drug-likeness (QED) is 0.770. The molecule has 0 spiro atoms. The number of aliphatic hydroxyl groups excluding tert-OH is 1. The molecule has 2 aromatic heterocycles. The Morgan fingerprint density at radius 3 is 2.84 bits per heavy atom. The smallest absolute Gasteiger partial charge is 0.213 e. The molecule has 3 rings (SSSR count). The third-order valence-electron chi connectivity index (χ3n) is 4.86. The summed E-state index contributed by atoms with van der Waals surface area (Å²) in [6.45, 7) is 6.22. The molecule has 6 nitrogen and oxygen atoms in total. The van der Waals surface area contributed by atoms with Crippen LogP contribution in [0.1, 0.15) is 48.2 Å². The molecular formula is C19H28N4O2. The van der Waals surface area contributed by atoms with Crippen molar-refractivity contribution in [3.63, 3.8) is 0 Å². The lowest BCUT2D eigenvalue weighted by Crippen LogP contribution is -2.15. The number of aryl methyl sites for hydroxylation is 1. The molecule has 1 fully saturated rings. The fourth-order valence-corrected chi connectivity index (χ4v) is 3.44. The van der Waals surface area contributed by atoms with Gasteiger partial charge in [-0.2, -0.15) is 5.10 Å². The minimum absolute atomic E-state index is 0.107. The second kappa shape index (κ2) is 8.45. The van der Waals surface area contributed by atoms with Gasteiger partial charge in [0.1, 0.15) is 6.10 Å². The predicted octanol–water partition coefficient (Wildman–Crippen LogP) is 2.50. The molecule has 25 heavy (non-hydrogen) atoms. The number of aromatic nitrogens is 3. The van der Waals surface area contributed by atoms with Gasteiger partial charge in [0.15, 0.2) is 0 Å². The highest BCUT2D eigenvalue weighted by molar-refractivity contribution is 5.25. The van der Waals surface area contributed by atoms with Crippen LogP contribution in [0.15, 0.2) is 18.3 Å². The van der Waals surface area contributed by atoms with Crippen LogP contribution in [0.5, 0.6) is 5.88 Å². The summed E-state index contributed by atoms with van der Waals surface area (Å²) in [5.41, 5.74) is 4.49. The van der Waals surface area contributed by atoms with E-state index < -0.39 is 0 Å². The van der Waals surface area contributed by atoms with E-state index in [1.54, 1.807) is 0 Å². The van der Waals surface area contributed by atoms with Gasteiger partial charge >= 0.3 is 0 Å². The Labute approximate surface area is 149 Å². The van der Waals surface area contributed by atoms with Crippen molar-refractivity contribution in [1.82, 2.24) is 20.1 Å². The number of rotatable bonds is 8. The second-order valence-corrected chi connectivity index (χ2v) is 6.73. The van der Waals surface area contributed by atoms with Gasteiger partial charge in [0, 0.05) is 36.6 Å². The number of nitrogens with one attached hydrogen (secondary N) is 1. The maximum absolute atomic E-state index is 9.10. The molecule has 0 radical (unpaired) electrons. The van der Waals surface area contributed by atoms with Gasteiger partial charge in [-0.05, 0) is 51.2 Å². The minimum Gasteiger partial charge on any atom is -0.474 e. The maximum Gasteiger partial charge on any atom is 0.213 e. The molecule has 6 heteroatoms. The summed E-state index contributed by atoms with van der Waals surface area (Å²) in [5.74, 6) is 0.731. The second-order valence-electron chi connectivity index (χ2n) is 6.73. The summed E-state index contributed by atoms with van der Waals surface area (Å²) >= 11 is 0. The molecule has 1 aliphatic rings. The van der Waals surface area contributed by atoms with E-state index in [0.717, 1.165) is 43.2 Å². The van der Waals surface area contributed by atoms with Crippen LogP contribution in [0.25, 0.3) is 0 Å². The van der Waals surface area contributed by atoms with Crippen molar-refractivity contribution in [3.05, 3.63) is 40.8 Å². The number of aliphatic hydroxyl groups is 1. The predicted molar refractivity (Wildman–Crippen MR) is 96.5 cm³/mol. The zero-order chi connectivity index (χ0) is 17.6. The fourth-order valence-electron chi connectivity index (χ4n) is 3.44. The molecule has 0 unspecified atom stereocenters. The Morgan fingerprint density at radius 2 is 2.08 bits per heavy atom. The van der Waals surface area contributed by atoms with Gasteiger partial charge in [0.2, 0.25) is 5.88 Å². The van der Waals surface area contributed by atoms with Gasteiger partial charge in [-0.15, -0.1) is 0 Å². The van der Waals surface area contributed by atoms with Crippen LogP contribution in [-0.4, -0.2) is 32.6 Å². The van der Waals surface area contributed by atoms with Crippen LogP contribution in [-0.2, 0) is 19.6 Å². The van der Waals surface area contributed by atoms with E-state index in [4.69, 9.17) is 9.84 Å². The average molecular weight is 344 g/mol. The highest BCUT2D eigenvalue weighted by atomic mass is 16.5. The molecule has 0 atom stereocenters. The third kappa shape index (κ3) is 4.58. The molecular weight excluding hydrogens is 316 g/mol. The van der Waals surface area contributed by atoms with E-state index in [1.165, 1.54) is 24.0 Å². The van der Waals surface area contributed by atoms with Gasteiger partial charge in [0.25, 0.3) is 0 Å². The molecule has 0 saturated heterocycles. The first kappa shape index (κ1) is 17.9. The standard InChI is InChI=1S/C19H28N4O2/c1-14-18(15(2)23(22-14)9-10-24)13-20-12-16-7-8-21-19(11-16)25-17-5-3-4-6-17/h7-8,11,17,20,24H,3-6,9-10,12-13H2,1-2H3. The normalized spacial score (nSPS) is 15.0. The van der Waals surface area contributed by atoms with Crippen molar-refractivity contribution in [2.75, 3.05) is 6.61 Å². The number of hydrogen-bond donors (Lipinski definition) is 2. The summed E-state index contributed by atoms with van der Waals surface area (Å²) in [5, 5.41) is 17.1. The third-order valence-corrected chi connectivity index (χ3v) is 4.86. The van der Waals surface area contributed by atoms with Gasteiger partial charge in [-0.25, -0.2) is 4.98 Å². The molecule has 0 bridgehead atoms. The number of hydrogen-bond acceptors (Lipinski definition) is 5. The lowest BCUT2D eigenvalue weighted by atomic mass is 10.2. The first-order valence-electron chi connectivity index (χ1n) is 9.13. The van der Waals surface area contributed by atoms with Crippen LogP contribution in [0.3, 0.4) is 0 Å². The lowest BCUT2D eigenvalue weighted by molar-refractivity contribution is 0.201. The molecule has 2 heterocycles. The Morgan fingerprint density at radius 1 is 1.28 bits per heavy atom. The zero-order valence-electron chi connectivity index (χ0n) is 15.2. The Hall–Kier alpha value is -1.92. The SMILES string of the molecule is Cc1nn(CCO)c(C)c1CNCc1ccnc(OC2CCCC2)c1. The van der Waals surface area contributed by atoms with Crippen LogP contribution in [0, 0.1) is 13.8 Å². The first-order valence-corrected chi connectivity index (χ1v) is 9.13. The lowest BCUT2D eigenvalue weighted by Gasteiger charge is -2.13. The van der Waals surface area contributed by atoms with E-state index in [0.29, 0.717) is 12.6 Å². The highest BCUT2D eigenvalue weighted by Crippen LogP contribution is 2.23. The number of pyridine rings is 1. The molecule has 0 amide bonds. The number of nitrogens with zero attached hydrogens (tertiary/aromatic N) is 3. The van der Waals surface area contributed by atoms with Gasteiger partial charge in [-0.1, -0.05) is 0 Å². The van der Waals surface area contributed by atoms with E-state index in [2.05, 4.69) is 15.4 Å². The monoisotopic (exact) mass is 344 g/mol. The van der Waals surface area contributed by atoms with Crippen molar-refractivity contribution in [2.24, 2.45) is 0 Å². The topological polar surface area (TPSA) is 72.2 Å². The summed E-state index contributed by atoms with van der Waals surface area (Å²) in [7, 11) is 0. The largest absolute Gasteiger partial charge is 0.474 e. The first-order chi connectivity index (χ1) is 12.2. The van der Waals surface area contributed by atoms with E-state index in [-0.39, 0.29) is 6.61 Å². The number of ether oxygens (including phenoxy) is 1. The molecule has 2 N–H and O–H groups in total. The van der Waals surface area contributed by atoms with Crippen LogP contribution in [0.4, 0.5) is 0 Å². The molecule has 1 aliphatic carbocycles. The molecule has 2 aromatic rings. The van der Waals surface area contributed by atoms with Gasteiger partial charge in [0.05, 0.1) is 18.8 Å². The van der Waals surface area contributed by atoms with Crippen molar-refractivity contribution in [3.8, 4) is 5.88 Å². The summed E-state index contributed by atoms with van der Waals surface area (Å²) in [6.07, 6.45) is 6.94. The van der Waals surface area contributed by atoms with Crippen molar-refractivity contribution < 1.29 is 9.84 Å². The Kier molecular flexibility index (Phi) is 6.04. The van der Waals surface area contributed by atoms with Gasteiger partial charge in [-0.3, -0.25) is 4.68 Å². The molecule has 1 saturated carbocycles. The van der Waals surface area contributed by atoms with Crippen LogP contribution < -0.4 is 10.1 Å². The van der Waals surface area contributed by atoms with Crippen molar-refractivity contribution >= 4 is 0 Å². The van der Waals surface area contributed by atoms with Crippen molar-refractivity contribution in [1.29, 1.82) is 0 Å². The Balaban J connectivity index is 1.55. The van der Waals surface area contributed by atoms with Gasteiger partial charge < -0.3 is 15.2 Å². The van der Waals surface area contributed by atoms with E-state index >= 15 is 0 Å². The molecule has 0 aromatic carbocycles. The van der Waals surface area contributed by atoms with Crippen molar-refractivity contribution in [2.45, 2.75) is 65.3 Å². The summed E-state index contributed by atoms with van der Waals surface area (Å²) < 4.78 is 7.84. The van der Waals surface area contributed by atoms with E-state index in [1.807, 2.05) is 36.9 Å². The molecule has 136 valence electrons. The minimum atomic E-state index is 0.107.